The molecule has 0 aromatic heterocycles. The Morgan fingerprint density at radius 1 is 0.381 bits per heavy atom. The van der Waals surface area contributed by atoms with E-state index in [1.807, 2.05) is 72.8 Å². The summed E-state index contributed by atoms with van der Waals surface area (Å²) in [6.07, 6.45) is -8.93. The SMILES string of the molecule is Cc1ccc(-c2ccc(-c3ccc(-c4ccc(C)c(C(F)(F)F)c4)c4ccccc34)c3ccccc23)cc1C(F)(F)F. The van der Waals surface area contributed by atoms with Gasteiger partial charge in [-0.15, -0.1) is 0 Å². The highest BCUT2D eigenvalue weighted by atomic mass is 19.4. The molecular formula is C36H24F6. The van der Waals surface area contributed by atoms with Gasteiger partial charge in [0.1, 0.15) is 0 Å². The van der Waals surface area contributed by atoms with Crippen molar-refractivity contribution in [2.24, 2.45) is 0 Å². The van der Waals surface area contributed by atoms with Gasteiger partial charge in [-0.05, 0) is 92.0 Å². The molecule has 6 rings (SSSR count). The van der Waals surface area contributed by atoms with E-state index in [-0.39, 0.29) is 11.1 Å². The van der Waals surface area contributed by atoms with E-state index >= 15 is 0 Å². The summed E-state index contributed by atoms with van der Waals surface area (Å²) in [5.74, 6) is 0. The number of rotatable bonds is 3. The minimum Gasteiger partial charge on any atom is -0.166 e. The molecule has 6 heteroatoms. The predicted octanol–water partition coefficient (Wildman–Crippen LogP) is 11.6. The van der Waals surface area contributed by atoms with Crippen molar-refractivity contribution < 1.29 is 26.3 Å². The van der Waals surface area contributed by atoms with Crippen molar-refractivity contribution in [3.05, 3.63) is 131 Å². The Hall–Kier alpha value is -4.58. The lowest BCUT2D eigenvalue weighted by Crippen LogP contribution is -2.07. The monoisotopic (exact) mass is 570 g/mol. The van der Waals surface area contributed by atoms with Gasteiger partial charge >= 0.3 is 12.4 Å². The fourth-order valence-electron chi connectivity index (χ4n) is 5.76. The lowest BCUT2D eigenvalue weighted by atomic mass is 9.87. The lowest BCUT2D eigenvalue weighted by Gasteiger charge is -2.17. The van der Waals surface area contributed by atoms with Gasteiger partial charge in [-0.2, -0.15) is 26.3 Å². The van der Waals surface area contributed by atoms with Crippen LogP contribution in [0.2, 0.25) is 0 Å². The molecule has 0 heterocycles. The van der Waals surface area contributed by atoms with Crippen LogP contribution in [0.4, 0.5) is 26.3 Å². The average Bonchev–Trinajstić information content (AvgIpc) is 2.96. The maximum atomic E-state index is 13.7. The van der Waals surface area contributed by atoms with Crippen LogP contribution in [-0.4, -0.2) is 0 Å². The molecule has 210 valence electrons. The molecule has 42 heavy (non-hydrogen) atoms. The zero-order valence-corrected chi connectivity index (χ0v) is 22.7. The molecule has 0 saturated carbocycles. The Labute approximate surface area is 238 Å². The molecule has 6 aromatic carbocycles. The maximum absolute atomic E-state index is 13.7. The second-order valence-corrected chi connectivity index (χ2v) is 10.5. The Morgan fingerprint density at radius 2 is 0.690 bits per heavy atom. The molecule has 0 unspecified atom stereocenters. The van der Waals surface area contributed by atoms with Gasteiger partial charge in [0.25, 0.3) is 0 Å². The predicted molar refractivity (Wildman–Crippen MR) is 157 cm³/mol. The molecule has 0 nitrogen and oxygen atoms in total. The molecule has 0 aliphatic heterocycles. The molecule has 0 amide bonds. The van der Waals surface area contributed by atoms with Gasteiger partial charge in [0, 0.05) is 0 Å². The summed E-state index contributed by atoms with van der Waals surface area (Å²) < 4.78 is 82.2. The third-order valence-electron chi connectivity index (χ3n) is 7.85. The summed E-state index contributed by atoms with van der Waals surface area (Å²) in [5.41, 5.74) is 3.04. The molecule has 0 bridgehead atoms. The number of hydrogen-bond donors (Lipinski definition) is 0. The first kappa shape index (κ1) is 27.6. The zero-order chi connectivity index (χ0) is 29.8. The molecule has 0 N–H and O–H groups in total. The molecule has 0 spiro atoms. The minimum absolute atomic E-state index is 0.162. The van der Waals surface area contributed by atoms with Crippen molar-refractivity contribution >= 4 is 21.5 Å². The van der Waals surface area contributed by atoms with E-state index in [0.29, 0.717) is 22.3 Å². The molecule has 0 aliphatic rings. The van der Waals surface area contributed by atoms with Crippen molar-refractivity contribution in [2.75, 3.05) is 0 Å². The standard InChI is InChI=1S/C36H24F6/c1-21-11-13-23(19-33(21)35(37,38)39)25-15-17-31(29-9-5-3-7-27(25)29)32-18-16-26(28-8-4-6-10-30(28)32)24-14-12-22(2)34(20-24)36(40,41)42/h3-20H,1-2H3. The highest BCUT2D eigenvalue weighted by molar-refractivity contribution is 6.12. The van der Waals surface area contributed by atoms with Crippen LogP contribution < -0.4 is 0 Å². The summed E-state index contributed by atoms with van der Waals surface area (Å²) in [5, 5.41) is 3.32. The molecule has 0 atom stereocenters. The molecule has 6 aromatic rings. The number of fused-ring (bicyclic) bond motifs is 2. The highest BCUT2D eigenvalue weighted by Gasteiger charge is 2.33. The molecular weight excluding hydrogens is 546 g/mol. The van der Waals surface area contributed by atoms with Crippen LogP contribution in [-0.2, 0) is 12.4 Å². The first-order valence-corrected chi connectivity index (χ1v) is 13.3. The summed E-state index contributed by atoms with van der Waals surface area (Å²) >= 11 is 0. The molecule has 0 fully saturated rings. The zero-order valence-electron chi connectivity index (χ0n) is 22.7. The number of alkyl halides is 6. The smallest absolute Gasteiger partial charge is 0.166 e. The van der Waals surface area contributed by atoms with E-state index in [2.05, 4.69) is 0 Å². The summed E-state index contributed by atoms with van der Waals surface area (Å²) in [7, 11) is 0. The van der Waals surface area contributed by atoms with Crippen molar-refractivity contribution in [3.8, 4) is 33.4 Å². The Balaban J connectivity index is 1.55. The summed E-state index contributed by atoms with van der Waals surface area (Å²) in [4.78, 5) is 0. The minimum atomic E-state index is -4.46. The van der Waals surface area contributed by atoms with Gasteiger partial charge in [-0.3, -0.25) is 0 Å². The first-order chi connectivity index (χ1) is 19.9. The fourth-order valence-corrected chi connectivity index (χ4v) is 5.76. The van der Waals surface area contributed by atoms with E-state index in [9.17, 15) is 26.3 Å². The van der Waals surface area contributed by atoms with Crippen LogP contribution in [0.5, 0.6) is 0 Å². The van der Waals surface area contributed by atoms with Crippen LogP contribution in [0, 0.1) is 13.8 Å². The Morgan fingerprint density at radius 3 is 1.02 bits per heavy atom. The lowest BCUT2D eigenvalue weighted by molar-refractivity contribution is -0.138. The second kappa shape index (κ2) is 10.1. The second-order valence-electron chi connectivity index (χ2n) is 10.5. The normalized spacial score (nSPS) is 12.3. The number of hydrogen-bond acceptors (Lipinski definition) is 0. The van der Waals surface area contributed by atoms with E-state index < -0.39 is 23.5 Å². The topological polar surface area (TPSA) is 0 Å². The fraction of sp³-hybridized carbons (Fsp3) is 0.111. The van der Waals surface area contributed by atoms with Crippen LogP contribution in [0.3, 0.4) is 0 Å². The van der Waals surface area contributed by atoms with Crippen LogP contribution in [0.15, 0.2) is 109 Å². The third-order valence-corrected chi connectivity index (χ3v) is 7.85. The average molecular weight is 571 g/mol. The number of benzene rings is 6. The van der Waals surface area contributed by atoms with E-state index in [1.54, 1.807) is 12.1 Å². The number of halogens is 6. The Bertz CT molecular complexity index is 1830. The highest BCUT2D eigenvalue weighted by Crippen LogP contribution is 2.43. The quantitative estimate of drug-likeness (QED) is 0.186. The van der Waals surface area contributed by atoms with Gasteiger partial charge < -0.3 is 0 Å². The van der Waals surface area contributed by atoms with Crippen molar-refractivity contribution in [1.82, 2.24) is 0 Å². The van der Waals surface area contributed by atoms with Crippen LogP contribution in [0.1, 0.15) is 22.3 Å². The number of aryl methyl sites for hydroxylation is 2. The first-order valence-electron chi connectivity index (χ1n) is 13.3. The van der Waals surface area contributed by atoms with Gasteiger partial charge in [-0.1, -0.05) is 97.1 Å². The van der Waals surface area contributed by atoms with E-state index in [1.165, 1.54) is 38.1 Å². The Kier molecular flexibility index (Phi) is 6.60. The maximum Gasteiger partial charge on any atom is 0.416 e. The summed E-state index contributed by atoms with van der Waals surface area (Å²) in [6, 6.07) is 31.4. The molecule has 0 saturated heterocycles. The third kappa shape index (κ3) is 4.81. The summed E-state index contributed by atoms with van der Waals surface area (Å²) in [6.45, 7) is 2.90. The van der Waals surface area contributed by atoms with E-state index in [4.69, 9.17) is 0 Å². The van der Waals surface area contributed by atoms with Crippen molar-refractivity contribution in [3.63, 3.8) is 0 Å². The van der Waals surface area contributed by atoms with Crippen LogP contribution >= 0.6 is 0 Å². The van der Waals surface area contributed by atoms with Gasteiger partial charge in [0.15, 0.2) is 0 Å². The van der Waals surface area contributed by atoms with Gasteiger partial charge in [0.2, 0.25) is 0 Å². The molecule has 0 radical (unpaired) electrons. The van der Waals surface area contributed by atoms with Gasteiger partial charge in [0.05, 0.1) is 11.1 Å². The van der Waals surface area contributed by atoms with Crippen molar-refractivity contribution in [2.45, 2.75) is 26.2 Å². The van der Waals surface area contributed by atoms with Gasteiger partial charge in [-0.25, -0.2) is 0 Å². The van der Waals surface area contributed by atoms with E-state index in [0.717, 1.165) is 32.7 Å². The molecule has 0 aliphatic carbocycles. The van der Waals surface area contributed by atoms with Crippen LogP contribution in [0.25, 0.3) is 54.9 Å². The largest absolute Gasteiger partial charge is 0.416 e. The van der Waals surface area contributed by atoms with Crippen molar-refractivity contribution in [1.29, 1.82) is 0 Å².